The van der Waals surface area contributed by atoms with Crippen LogP contribution in [0.25, 0.3) is 22.3 Å². The molecule has 0 spiro atoms. The number of hydrogen-bond acceptors (Lipinski definition) is 3. The Morgan fingerprint density at radius 3 is 2.24 bits per heavy atom. The van der Waals surface area contributed by atoms with E-state index >= 15 is 0 Å². The van der Waals surface area contributed by atoms with E-state index in [4.69, 9.17) is 4.42 Å². The average molecular weight is 445 g/mol. The van der Waals surface area contributed by atoms with Gasteiger partial charge in [0.1, 0.15) is 22.8 Å². The van der Waals surface area contributed by atoms with E-state index in [1.165, 1.54) is 16.7 Å². The third kappa shape index (κ3) is 6.19. The van der Waals surface area contributed by atoms with Crippen molar-refractivity contribution in [3.05, 3.63) is 82.0 Å². The molecular formula is C30H36O3. The second kappa shape index (κ2) is 10.6. The van der Waals surface area contributed by atoms with Gasteiger partial charge in [-0.15, -0.1) is 0 Å². The molecule has 3 heteroatoms. The minimum absolute atomic E-state index is 0.0911. The lowest BCUT2D eigenvalue weighted by Gasteiger charge is -2.15. The van der Waals surface area contributed by atoms with Crippen molar-refractivity contribution in [3.63, 3.8) is 0 Å². The molecule has 0 aliphatic heterocycles. The first-order chi connectivity index (χ1) is 15.7. The summed E-state index contributed by atoms with van der Waals surface area (Å²) < 4.78 is 6.13. The molecule has 0 bridgehead atoms. The SMILES string of the molecule is CC(C)=CCC/C(C)=C/Cc1c(O)cc(-c2cc3ccc(C)cc3o2)c(CC=C(C)C)c1O. The standard InChI is InChI=1S/C30H36O3/c1-19(2)8-7-9-21(5)12-15-25-27(31)18-26(24(30(25)32)14-10-20(3)4)29-17-23-13-11-22(6)16-28(23)33-29/h8,10-13,16-18,31-32H,7,9,14-15H2,1-6H3/b21-12+. The highest BCUT2D eigenvalue weighted by Crippen LogP contribution is 2.41. The second-order valence-electron chi connectivity index (χ2n) is 9.46. The molecular weight excluding hydrogens is 408 g/mol. The zero-order valence-corrected chi connectivity index (χ0v) is 20.7. The first-order valence-corrected chi connectivity index (χ1v) is 11.6. The first kappa shape index (κ1) is 24.4. The fourth-order valence-electron chi connectivity index (χ4n) is 3.91. The molecule has 0 saturated heterocycles. The van der Waals surface area contributed by atoms with E-state index in [1.807, 2.05) is 39.0 Å². The average Bonchev–Trinajstić information content (AvgIpc) is 3.15. The van der Waals surface area contributed by atoms with E-state index in [2.05, 4.69) is 45.1 Å². The predicted molar refractivity (Wildman–Crippen MR) is 139 cm³/mol. The van der Waals surface area contributed by atoms with Crippen molar-refractivity contribution in [1.82, 2.24) is 0 Å². The third-order valence-electron chi connectivity index (χ3n) is 5.89. The predicted octanol–water partition coefficient (Wildman–Crippen LogP) is 8.56. The van der Waals surface area contributed by atoms with Crippen molar-refractivity contribution in [1.29, 1.82) is 0 Å². The zero-order valence-electron chi connectivity index (χ0n) is 20.7. The number of aryl methyl sites for hydroxylation is 1. The Kier molecular flexibility index (Phi) is 7.86. The topological polar surface area (TPSA) is 53.6 Å². The van der Waals surface area contributed by atoms with Crippen LogP contribution in [0.3, 0.4) is 0 Å². The molecule has 174 valence electrons. The van der Waals surface area contributed by atoms with E-state index in [0.29, 0.717) is 24.2 Å². The smallest absolute Gasteiger partial charge is 0.135 e. The number of furan rings is 1. The summed E-state index contributed by atoms with van der Waals surface area (Å²) in [6.45, 7) is 12.4. The van der Waals surface area contributed by atoms with Gasteiger partial charge < -0.3 is 14.6 Å². The van der Waals surface area contributed by atoms with Gasteiger partial charge in [-0.1, -0.05) is 47.1 Å². The van der Waals surface area contributed by atoms with Gasteiger partial charge in [0.2, 0.25) is 0 Å². The van der Waals surface area contributed by atoms with E-state index < -0.39 is 0 Å². The van der Waals surface area contributed by atoms with Crippen LogP contribution in [-0.2, 0) is 12.8 Å². The van der Waals surface area contributed by atoms with Gasteiger partial charge in [0.05, 0.1) is 0 Å². The van der Waals surface area contributed by atoms with Gasteiger partial charge in [-0.25, -0.2) is 0 Å². The molecule has 3 nitrogen and oxygen atoms in total. The van der Waals surface area contributed by atoms with Crippen LogP contribution in [0, 0.1) is 6.92 Å². The van der Waals surface area contributed by atoms with Crippen LogP contribution in [0.4, 0.5) is 0 Å². The number of allylic oxidation sites excluding steroid dienone is 6. The summed E-state index contributed by atoms with van der Waals surface area (Å²) in [5.41, 5.74) is 7.72. The van der Waals surface area contributed by atoms with E-state index in [0.717, 1.165) is 40.5 Å². The summed E-state index contributed by atoms with van der Waals surface area (Å²) in [6.07, 6.45) is 9.44. The normalized spacial score (nSPS) is 11.6. The molecule has 0 unspecified atom stereocenters. The minimum Gasteiger partial charge on any atom is -0.507 e. The molecule has 1 heterocycles. The van der Waals surface area contributed by atoms with Gasteiger partial charge in [0.25, 0.3) is 0 Å². The summed E-state index contributed by atoms with van der Waals surface area (Å²) in [5, 5.41) is 23.1. The van der Waals surface area contributed by atoms with Crippen LogP contribution in [-0.4, -0.2) is 10.2 Å². The van der Waals surface area contributed by atoms with Crippen molar-refractivity contribution in [2.24, 2.45) is 0 Å². The molecule has 0 aliphatic carbocycles. The largest absolute Gasteiger partial charge is 0.507 e. The van der Waals surface area contributed by atoms with Crippen LogP contribution < -0.4 is 0 Å². The maximum Gasteiger partial charge on any atom is 0.135 e. The van der Waals surface area contributed by atoms with Gasteiger partial charge >= 0.3 is 0 Å². The lowest BCUT2D eigenvalue weighted by Crippen LogP contribution is -1.95. The van der Waals surface area contributed by atoms with Gasteiger partial charge in [-0.05, 0) is 91.0 Å². The Morgan fingerprint density at radius 1 is 0.848 bits per heavy atom. The highest BCUT2D eigenvalue weighted by atomic mass is 16.3. The van der Waals surface area contributed by atoms with Crippen LogP contribution in [0.1, 0.15) is 64.2 Å². The third-order valence-corrected chi connectivity index (χ3v) is 5.89. The lowest BCUT2D eigenvalue weighted by molar-refractivity contribution is 0.437. The summed E-state index contributed by atoms with van der Waals surface area (Å²) in [6, 6.07) is 9.80. The van der Waals surface area contributed by atoms with Crippen LogP contribution in [0.15, 0.2) is 69.7 Å². The summed E-state index contributed by atoms with van der Waals surface area (Å²) in [4.78, 5) is 0. The zero-order chi connectivity index (χ0) is 24.1. The van der Waals surface area contributed by atoms with Gasteiger partial charge in [-0.3, -0.25) is 0 Å². The lowest BCUT2D eigenvalue weighted by atomic mass is 9.94. The second-order valence-corrected chi connectivity index (χ2v) is 9.46. The summed E-state index contributed by atoms with van der Waals surface area (Å²) in [7, 11) is 0. The van der Waals surface area contributed by atoms with Gasteiger partial charge in [-0.2, -0.15) is 0 Å². The molecule has 3 rings (SSSR count). The molecule has 0 radical (unpaired) electrons. The highest BCUT2D eigenvalue weighted by molar-refractivity contribution is 5.85. The number of phenols is 2. The van der Waals surface area contributed by atoms with E-state index in [9.17, 15) is 10.2 Å². The van der Waals surface area contributed by atoms with Crippen molar-refractivity contribution in [2.75, 3.05) is 0 Å². The number of rotatable bonds is 8. The molecule has 3 aromatic rings. The van der Waals surface area contributed by atoms with E-state index in [1.54, 1.807) is 6.07 Å². The Morgan fingerprint density at radius 2 is 1.55 bits per heavy atom. The Labute approximate surface area is 197 Å². The van der Waals surface area contributed by atoms with Crippen LogP contribution in [0.2, 0.25) is 0 Å². The molecule has 0 aliphatic rings. The Balaban J connectivity index is 2.02. The van der Waals surface area contributed by atoms with Crippen molar-refractivity contribution < 1.29 is 14.6 Å². The van der Waals surface area contributed by atoms with Crippen LogP contribution in [0.5, 0.6) is 11.5 Å². The molecule has 2 N–H and O–H groups in total. The monoisotopic (exact) mass is 444 g/mol. The quantitative estimate of drug-likeness (QED) is 0.342. The van der Waals surface area contributed by atoms with Crippen molar-refractivity contribution in [2.45, 2.75) is 67.2 Å². The minimum atomic E-state index is 0.0911. The van der Waals surface area contributed by atoms with E-state index in [-0.39, 0.29) is 11.5 Å². The first-order valence-electron chi connectivity index (χ1n) is 11.6. The van der Waals surface area contributed by atoms with Crippen LogP contribution >= 0.6 is 0 Å². The number of aromatic hydroxyl groups is 2. The fourth-order valence-corrected chi connectivity index (χ4v) is 3.91. The molecule has 1 aromatic heterocycles. The molecule has 0 amide bonds. The molecule has 2 aromatic carbocycles. The Hall–Kier alpha value is -3.20. The maximum atomic E-state index is 11.2. The molecule has 0 atom stereocenters. The maximum absolute atomic E-state index is 11.2. The molecule has 0 saturated carbocycles. The summed E-state index contributed by atoms with van der Waals surface area (Å²) >= 11 is 0. The molecule has 0 fully saturated rings. The van der Waals surface area contributed by atoms with Gasteiger partial charge in [0.15, 0.2) is 0 Å². The summed E-state index contributed by atoms with van der Waals surface area (Å²) in [5.74, 6) is 0.888. The number of phenolic OH excluding ortho intramolecular Hbond substituents is 2. The number of fused-ring (bicyclic) bond motifs is 1. The molecule has 33 heavy (non-hydrogen) atoms. The fraction of sp³-hybridized carbons (Fsp3) is 0.333. The van der Waals surface area contributed by atoms with Gasteiger partial charge in [0, 0.05) is 22.1 Å². The Bertz CT molecular complexity index is 1230. The van der Waals surface area contributed by atoms with Crippen molar-refractivity contribution >= 4 is 11.0 Å². The highest BCUT2D eigenvalue weighted by Gasteiger charge is 2.20. The number of hydrogen-bond donors (Lipinski definition) is 2. The van der Waals surface area contributed by atoms with Crippen molar-refractivity contribution in [3.8, 4) is 22.8 Å². The number of benzene rings is 2.